The first-order valence-corrected chi connectivity index (χ1v) is 4.95. The predicted molar refractivity (Wildman–Crippen MR) is 55.7 cm³/mol. The number of benzene rings is 1. The van der Waals surface area contributed by atoms with Crippen LogP contribution >= 0.6 is 0 Å². The first kappa shape index (κ1) is 10.3. The van der Waals surface area contributed by atoms with Crippen molar-refractivity contribution >= 4 is 0 Å². The SMILES string of the molecule is CCC(c1ccccc1)[C@H](C)CO. The van der Waals surface area contributed by atoms with E-state index in [4.69, 9.17) is 5.11 Å². The molecule has 1 N–H and O–H groups in total. The minimum atomic E-state index is 0.271. The van der Waals surface area contributed by atoms with Crippen molar-refractivity contribution in [3.8, 4) is 0 Å². The van der Waals surface area contributed by atoms with Gasteiger partial charge in [0.05, 0.1) is 0 Å². The summed E-state index contributed by atoms with van der Waals surface area (Å²) in [5.74, 6) is 0.846. The highest BCUT2D eigenvalue weighted by atomic mass is 16.3. The van der Waals surface area contributed by atoms with Crippen molar-refractivity contribution in [2.24, 2.45) is 5.92 Å². The topological polar surface area (TPSA) is 20.2 Å². The van der Waals surface area contributed by atoms with Gasteiger partial charge in [0.15, 0.2) is 0 Å². The molecule has 1 rings (SSSR count). The molecule has 0 aliphatic carbocycles. The van der Waals surface area contributed by atoms with Crippen molar-refractivity contribution in [2.45, 2.75) is 26.2 Å². The third-order valence-corrected chi connectivity index (χ3v) is 2.64. The second-order valence-electron chi connectivity index (χ2n) is 3.59. The van der Waals surface area contributed by atoms with Crippen molar-refractivity contribution in [3.05, 3.63) is 35.9 Å². The van der Waals surface area contributed by atoms with Crippen molar-refractivity contribution in [3.63, 3.8) is 0 Å². The monoisotopic (exact) mass is 178 g/mol. The summed E-state index contributed by atoms with van der Waals surface area (Å²) in [5, 5.41) is 9.10. The molecule has 1 aromatic carbocycles. The zero-order chi connectivity index (χ0) is 9.68. The van der Waals surface area contributed by atoms with Gasteiger partial charge in [0.1, 0.15) is 0 Å². The van der Waals surface area contributed by atoms with Crippen LogP contribution in [-0.2, 0) is 0 Å². The van der Waals surface area contributed by atoms with Crippen LogP contribution in [0.25, 0.3) is 0 Å². The summed E-state index contributed by atoms with van der Waals surface area (Å²) < 4.78 is 0. The van der Waals surface area contributed by atoms with Crippen LogP contribution in [0.4, 0.5) is 0 Å². The fourth-order valence-corrected chi connectivity index (χ4v) is 1.79. The maximum absolute atomic E-state index is 9.10. The predicted octanol–water partition coefficient (Wildman–Crippen LogP) is 2.81. The average molecular weight is 178 g/mol. The van der Waals surface area contributed by atoms with E-state index >= 15 is 0 Å². The number of rotatable bonds is 4. The lowest BCUT2D eigenvalue weighted by Gasteiger charge is -2.20. The Kier molecular flexibility index (Phi) is 3.97. The van der Waals surface area contributed by atoms with Crippen molar-refractivity contribution in [1.82, 2.24) is 0 Å². The van der Waals surface area contributed by atoms with Gasteiger partial charge in [-0.15, -0.1) is 0 Å². The maximum Gasteiger partial charge on any atom is 0.0462 e. The molecule has 2 atom stereocenters. The van der Waals surface area contributed by atoms with Gasteiger partial charge in [-0.05, 0) is 23.8 Å². The molecule has 0 bridgehead atoms. The Bertz CT molecular complexity index is 230. The molecule has 0 aliphatic rings. The molecule has 72 valence electrons. The van der Waals surface area contributed by atoms with Crippen LogP contribution in [0.3, 0.4) is 0 Å². The number of aliphatic hydroxyl groups is 1. The molecule has 0 saturated heterocycles. The summed E-state index contributed by atoms with van der Waals surface area (Å²) in [6.07, 6.45) is 1.09. The number of aliphatic hydroxyl groups excluding tert-OH is 1. The Morgan fingerprint density at radius 3 is 2.31 bits per heavy atom. The highest BCUT2D eigenvalue weighted by Crippen LogP contribution is 2.26. The van der Waals surface area contributed by atoms with Gasteiger partial charge in [-0.3, -0.25) is 0 Å². The van der Waals surface area contributed by atoms with E-state index in [2.05, 4.69) is 38.1 Å². The molecular formula is C12H18O. The van der Waals surface area contributed by atoms with E-state index in [9.17, 15) is 0 Å². The zero-order valence-electron chi connectivity index (χ0n) is 8.40. The molecular weight excluding hydrogens is 160 g/mol. The summed E-state index contributed by atoms with van der Waals surface area (Å²) in [7, 11) is 0. The van der Waals surface area contributed by atoms with Crippen LogP contribution in [0.15, 0.2) is 30.3 Å². The van der Waals surface area contributed by atoms with Gasteiger partial charge >= 0.3 is 0 Å². The van der Waals surface area contributed by atoms with Gasteiger partial charge in [0.25, 0.3) is 0 Å². The van der Waals surface area contributed by atoms with Gasteiger partial charge < -0.3 is 5.11 Å². The summed E-state index contributed by atoms with van der Waals surface area (Å²) in [6, 6.07) is 10.4. The molecule has 1 nitrogen and oxygen atoms in total. The van der Waals surface area contributed by atoms with Crippen LogP contribution in [0.1, 0.15) is 31.7 Å². The van der Waals surface area contributed by atoms with E-state index in [1.165, 1.54) is 5.56 Å². The van der Waals surface area contributed by atoms with Crippen molar-refractivity contribution < 1.29 is 5.11 Å². The van der Waals surface area contributed by atoms with Gasteiger partial charge in [-0.2, -0.15) is 0 Å². The molecule has 13 heavy (non-hydrogen) atoms. The van der Waals surface area contributed by atoms with Crippen LogP contribution in [-0.4, -0.2) is 11.7 Å². The fourth-order valence-electron chi connectivity index (χ4n) is 1.79. The van der Waals surface area contributed by atoms with E-state index in [1.807, 2.05) is 6.07 Å². The molecule has 0 saturated carbocycles. The van der Waals surface area contributed by atoms with E-state index in [0.29, 0.717) is 11.8 Å². The van der Waals surface area contributed by atoms with Crippen LogP contribution in [0.5, 0.6) is 0 Å². The largest absolute Gasteiger partial charge is 0.396 e. The van der Waals surface area contributed by atoms with Gasteiger partial charge in [0, 0.05) is 6.61 Å². The standard InChI is InChI=1S/C12H18O/c1-3-12(10(2)9-13)11-7-5-4-6-8-11/h4-8,10,12-13H,3,9H2,1-2H3/t10-,12?/m1/s1. The summed E-state index contributed by atoms with van der Waals surface area (Å²) in [4.78, 5) is 0. The molecule has 0 spiro atoms. The highest BCUT2D eigenvalue weighted by molar-refractivity contribution is 5.19. The lowest BCUT2D eigenvalue weighted by Crippen LogP contribution is -2.12. The van der Waals surface area contributed by atoms with Crippen LogP contribution in [0.2, 0.25) is 0 Å². The number of hydrogen-bond acceptors (Lipinski definition) is 1. The molecule has 0 fully saturated rings. The number of hydrogen-bond donors (Lipinski definition) is 1. The zero-order valence-corrected chi connectivity index (χ0v) is 8.40. The van der Waals surface area contributed by atoms with E-state index in [-0.39, 0.29) is 6.61 Å². The minimum Gasteiger partial charge on any atom is -0.396 e. The Labute approximate surface area is 80.4 Å². The third-order valence-electron chi connectivity index (χ3n) is 2.64. The summed E-state index contributed by atoms with van der Waals surface area (Å²) >= 11 is 0. The molecule has 0 radical (unpaired) electrons. The second kappa shape index (κ2) is 5.03. The first-order valence-electron chi connectivity index (χ1n) is 4.95. The maximum atomic E-state index is 9.10. The molecule has 0 aromatic heterocycles. The highest BCUT2D eigenvalue weighted by Gasteiger charge is 2.15. The van der Waals surface area contributed by atoms with Gasteiger partial charge in [-0.1, -0.05) is 44.2 Å². The first-order chi connectivity index (χ1) is 6.29. The van der Waals surface area contributed by atoms with Crippen LogP contribution < -0.4 is 0 Å². The van der Waals surface area contributed by atoms with E-state index in [0.717, 1.165) is 6.42 Å². The molecule has 1 unspecified atom stereocenters. The lowest BCUT2D eigenvalue weighted by atomic mass is 9.86. The van der Waals surface area contributed by atoms with Crippen molar-refractivity contribution in [2.75, 3.05) is 6.61 Å². The van der Waals surface area contributed by atoms with Gasteiger partial charge in [-0.25, -0.2) is 0 Å². The fraction of sp³-hybridized carbons (Fsp3) is 0.500. The van der Waals surface area contributed by atoms with E-state index in [1.54, 1.807) is 0 Å². The molecule has 1 aromatic rings. The summed E-state index contributed by atoms with van der Waals surface area (Å²) in [5.41, 5.74) is 1.34. The Hall–Kier alpha value is -0.820. The normalized spacial score (nSPS) is 15.3. The third kappa shape index (κ3) is 2.56. The summed E-state index contributed by atoms with van der Waals surface area (Å²) in [6.45, 7) is 4.54. The minimum absolute atomic E-state index is 0.271. The molecule has 1 heteroatoms. The second-order valence-corrected chi connectivity index (χ2v) is 3.59. The molecule has 0 aliphatic heterocycles. The average Bonchev–Trinajstić information content (AvgIpc) is 2.20. The van der Waals surface area contributed by atoms with E-state index < -0.39 is 0 Å². The Morgan fingerprint density at radius 2 is 1.85 bits per heavy atom. The lowest BCUT2D eigenvalue weighted by molar-refractivity contribution is 0.213. The quantitative estimate of drug-likeness (QED) is 0.751. The molecule has 0 amide bonds. The van der Waals surface area contributed by atoms with Crippen molar-refractivity contribution in [1.29, 1.82) is 0 Å². The Morgan fingerprint density at radius 1 is 1.23 bits per heavy atom. The molecule has 0 heterocycles. The smallest absolute Gasteiger partial charge is 0.0462 e. The van der Waals surface area contributed by atoms with Crippen LogP contribution in [0, 0.1) is 5.92 Å². The Balaban J connectivity index is 2.78. The van der Waals surface area contributed by atoms with Gasteiger partial charge in [0.2, 0.25) is 0 Å².